The van der Waals surface area contributed by atoms with Crippen molar-refractivity contribution in [2.24, 2.45) is 0 Å². The van der Waals surface area contributed by atoms with Gasteiger partial charge in [-0.15, -0.1) is 0 Å². The van der Waals surface area contributed by atoms with Gasteiger partial charge in [-0.2, -0.15) is 0 Å². The van der Waals surface area contributed by atoms with Gasteiger partial charge in [0.15, 0.2) is 0 Å². The van der Waals surface area contributed by atoms with Crippen LogP contribution in [0, 0.1) is 0 Å². The van der Waals surface area contributed by atoms with E-state index in [0.29, 0.717) is 6.04 Å². The summed E-state index contributed by atoms with van der Waals surface area (Å²) < 4.78 is 0. The van der Waals surface area contributed by atoms with Gasteiger partial charge in [0.05, 0.1) is 5.02 Å². The van der Waals surface area contributed by atoms with Gasteiger partial charge in [-0.3, -0.25) is 9.88 Å². The minimum atomic E-state index is 0.650. The number of nitrogens with one attached hydrogen (secondary N) is 1. The van der Waals surface area contributed by atoms with Gasteiger partial charge in [0, 0.05) is 31.5 Å². The molecule has 2 heterocycles. The van der Waals surface area contributed by atoms with Crippen molar-refractivity contribution in [1.82, 2.24) is 15.2 Å². The molecule has 1 atom stereocenters. The van der Waals surface area contributed by atoms with Crippen molar-refractivity contribution in [1.29, 1.82) is 0 Å². The lowest BCUT2D eigenvalue weighted by Gasteiger charge is -2.25. The highest BCUT2D eigenvalue weighted by atomic mass is 35.5. The van der Waals surface area contributed by atoms with E-state index >= 15 is 0 Å². The molecule has 1 aromatic rings. The van der Waals surface area contributed by atoms with E-state index in [2.05, 4.69) is 22.1 Å². The molecule has 0 radical (unpaired) electrons. The number of hydrogen-bond donors (Lipinski definition) is 1. The zero-order chi connectivity index (χ0) is 12.8. The van der Waals surface area contributed by atoms with Gasteiger partial charge < -0.3 is 5.32 Å². The Balaban J connectivity index is 1.94. The molecule has 1 N–H and O–H groups in total. The van der Waals surface area contributed by atoms with Crippen LogP contribution in [0.15, 0.2) is 18.5 Å². The molecule has 0 saturated carbocycles. The number of nitrogens with zero attached hydrogens (tertiary/aromatic N) is 2. The van der Waals surface area contributed by atoms with Crippen LogP contribution < -0.4 is 5.32 Å². The Morgan fingerprint density at radius 2 is 2.44 bits per heavy atom. The Kier molecular flexibility index (Phi) is 5.42. The highest BCUT2D eigenvalue weighted by Gasteiger charge is 2.18. The highest BCUT2D eigenvalue weighted by molar-refractivity contribution is 6.31. The molecule has 1 aliphatic heterocycles. The summed E-state index contributed by atoms with van der Waals surface area (Å²) in [6.45, 7) is 6.56. The fourth-order valence-electron chi connectivity index (χ4n) is 2.55. The topological polar surface area (TPSA) is 28.2 Å². The molecule has 18 heavy (non-hydrogen) atoms. The Hall–Kier alpha value is -0.640. The normalized spacial score (nSPS) is 19.6. The lowest BCUT2D eigenvalue weighted by atomic mass is 10.2. The van der Waals surface area contributed by atoms with Crippen molar-refractivity contribution in [3.05, 3.63) is 29.0 Å². The molecular weight excluding hydrogens is 246 g/mol. The van der Waals surface area contributed by atoms with Crippen LogP contribution in [0.1, 0.15) is 31.7 Å². The SMILES string of the molecule is CCCN(Cc1ccncc1Cl)CC1CCCN1. The molecule has 100 valence electrons. The van der Waals surface area contributed by atoms with Crippen molar-refractivity contribution in [2.45, 2.75) is 38.8 Å². The monoisotopic (exact) mass is 267 g/mol. The van der Waals surface area contributed by atoms with Gasteiger partial charge >= 0.3 is 0 Å². The first-order valence-corrected chi connectivity index (χ1v) is 7.21. The van der Waals surface area contributed by atoms with Gasteiger partial charge in [0.1, 0.15) is 0 Å². The third kappa shape index (κ3) is 3.94. The molecule has 0 aromatic carbocycles. The van der Waals surface area contributed by atoms with Gasteiger partial charge in [0.2, 0.25) is 0 Å². The van der Waals surface area contributed by atoms with Gasteiger partial charge in [0.25, 0.3) is 0 Å². The Bertz CT molecular complexity index is 364. The predicted octanol–water partition coefficient (Wildman–Crippen LogP) is 2.70. The van der Waals surface area contributed by atoms with Crippen molar-refractivity contribution in [2.75, 3.05) is 19.6 Å². The van der Waals surface area contributed by atoms with Crippen molar-refractivity contribution in [3.63, 3.8) is 0 Å². The summed E-state index contributed by atoms with van der Waals surface area (Å²) in [7, 11) is 0. The third-order valence-corrected chi connectivity index (χ3v) is 3.77. The molecule has 1 fully saturated rings. The number of halogens is 1. The molecule has 0 bridgehead atoms. The number of aromatic nitrogens is 1. The van der Waals surface area contributed by atoms with Crippen LogP contribution in [0.3, 0.4) is 0 Å². The first kappa shape index (κ1) is 13.8. The Morgan fingerprint density at radius 3 is 3.11 bits per heavy atom. The highest BCUT2D eigenvalue weighted by Crippen LogP contribution is 2.17. The molecule has 0 amide bonds. The second-order valence-electron chi connectivity index (χ2n) is 5.00. The second-order valence-corrected chi connectivity index (χ2v) is 5.40. The maximum atomic E-state index is 6.18. The Labute approximate surface area is 115 Å². The lowest BCUT2D eigenvalue weighted by molar-refractivity contribution is 0.241. The average molecular weight is 268 g/mol. The van der Waals surface area contributed by atoms with Crippen molar-refractivity contribution in [3.8, 4) is 0 Å². The average Bonchev–Trinajstić information content (AvgIpc) is 2.85. The second kappa shape index (κ2) is 7.07. The summed E-state index contributed by atoms with van der Waals surface area (Å²) in [6, 6.07) is 2.67. The van der Waals surface area contributed by atoms with Gasteiger partial charge in [-0.05, 0) is 44.0 Å². The fourth-order valence-corrected chi connectivity index (χ4v) is 2.73. The predicted molar refractivity (Wildman–Crippen MR) is 75.8 cm³/mol. The molecule has 1 aromatic heterocycles. The zero-order valence-electron chi connectivity index (χ0n) is 11.0. The van der Waals surface area contributed by atoms with E-state index in [-0.39, 0.29) is 0 Å². The Morgan fingerprint density at radius 1 is 1.56 bits per heavy atom. The summed E-state index contributed by atoms with van der Waals surface area (Å²) in [5.41, 5.74) is 1.18. The first-order chi connectivity index (χ1) is 8.79. The number of hydrogen-bond acceptors (Lipinski definition) is 3. The van der Waals surface area contributed by atoms with E-state index in [9.17, 15) is 0 Å². The maximum Gasteiger partial charge on any atom is 0.0634 e. The van der Waals surface area contributed by atoms with E-state index < -0.39 is 0 Å². The summed E-state index contributed by atoms with van der Waals surface area (Å²) in [6.07, 6.45) is 7.33. The van der Waals surface area contributed by atoms with Crippen LogP contribution in [-0.2, 0) is 6.54 Å². The van der Waals surface area contributed by atoms with E-state index in [0.717, 1.165) is 24.7 Å². The third-order valence-electron chi connectivity index (χ3n) is 3.43. The van der Waals surface area contributed by atoms with E-state index in [1.807, 2.05) is 12.3 Å². The van der Waals surface area contributed by atoms with Crippen LogP contribution in [0.4, 0.5) is 0 Å². The smallest absolute Gasteiger partial charge is 0.0634 e. The molecule has 1 aliphatic rings. The zero-order valence-corrected chi connectivity index (χ0v) is 11.8. The van der Waals surface area contributed by atoms with Crippen LogP contribution in [0.5, 0.6) is 0 Å². The van der Waals surface area contributed by atoms with E-state index in [1.54, 1.807) is 6.20 Å². The molecule has 0 aliphatic carbocycles. The minimum Gasteiger partial charge on any atom is -0.313 e. The summed E-state index contributed by atoms with van der Waals surface area (Å²) in [5.74, 6) is 0. The summed E-state index contributed by atoms with van der Waals surface area (Å²) >= 11 is 6.18. The summed E-state index contributed by atoms with van der Waals surface area (Å²) in [4.78, 5) is 6.53. The quantitative estimate of drug-likeness (QED) is 0.859. The standard InChI is InChI=1S/C14H22ClN3/c1-2-8-18(11-13-4-3-6-17-13)10-12-5-7-16-9-14(12)15/h5,7,9,13,17H,2-4,6,8,10-11H2,1H3. The molecule has 4 heteroatoms. The minimum absolute atomic E-state index is 0.650. The first-order valence-electron chi connectivity index (χ1n) is 6.83. The van der Waals surface area contributed by atoms with E-state index in [1.165, 1.54) is 31.4 Å². The van der Waals surface area contributed by atoms with Crippen LogP contribution in [-0.4, -0.2) is 35.6 Å². The largest absolute Gasteiger partial charge is 0.313 e. The molecule has 2 rings (SSSR count). The van der Waals surface area contributed by atoms with Crippen LogP contribution in [0.25, 0.3) is 0 Å². The lowest BCUT2D eigenvalue weighted by Crippen LogP contribution is -2.37. The van der Waals surface area contributed by atoms with Gasteiger partial charge in [-0.1, -0.05) is 18.5 Å². The summed E-state index contributed by atoms with van der Waals surface area (Å²) in [5, 5.41) is 4.33. The van der Waals surface area contributed by atoms with Crippen molar-refractivity contribution < 1.29 is 0 Å². The van der Waals surface area contributed by atoms with Crippen LogP contribution in [0.2, 0.25) is 5.02 Å². The molecule has 3 nitrogen and oxygen atoms in total. The van der Waals surface area contributed by atoms with E-state index in [4.69, 9.17) is 11.6 Å². The molecule has 1 saturated heterocycles. The van der Waals surface area contributed by atoms with Crippen LogP contribution >= 0.6 is 11.6 Å². The van der Waals surface area contributed by atoms with Crippen molar-refractivity contribution >= 4 is 11.6 Å². The molecule has 0 spiro atoms. The van der Waals surface area contributed by atoms with Gasteiger partial charge in [-0.25, -0.2) is 0 Å². The number of pyridine rings is 1. The molecule has 1 unspecified atom stereocenters. The molecular formula is C14H22ClN3. The fraction of sp³-hybridized carbons (Fsp3) is 0.643. The maximum absolute atomic E-state index is 6.18. The number of rotatable bonds is 6.